The lowest BCUT2D eigenvalue weighted by Crippen LogP contribution is -2.39. The molecule has 116 valence electrons. The quantitative estimate of drug-likeness (QED) is 0.834. The Hall–Kier alpha value is -1.82. The van der Waals surface area contributed by atoms with Gasteiger partial charge in [0.25, 0.3) is 5.56 Å². The highest BCUT2D eigenvalue weighted by molar-refractivity contribution is 5.79. The Morgan fingerprint density at radius 2 is 2.14 bits per heavy atom. The van der Waals surface area contributed by atoms with Gasteiger partial charge in [-0.2, -0.15) is 0 Å². The van der Waals surface area contributed by atoms with Crippen molar-refractivity contribution in [3.63, 3.8) is 0 Å². The smallest absolute Gasteiger partial charge is 0.332 e. The van der Waals surface area contributed by atoms with Crippen LogP contribution in [-0.4, -0.2) is 24.9 Å². The van der Waals surface area contributed by atoms with Gasteiger partial charge in [0.15, 0.2) is 0 Å². The highest BCUT2D eigenvalue weighted by Gasteiger charge is 2.15. The van der Waals surface area contributed by atoms with E-state index < -0.39 is 31.0 Å². The van der Waals surface area contributed by atoms with Crippen LogP contribution in [0.3, 0.4) is 0 Å². The second-order valence-electron chi connectivity index (χ2n) is 5.05. The van der Waals surface area contributed by atoms with Gasteiger partial charge in [-0.05, 0) is 38.5 Å². The van der Waals surface area contributed by atoms with Crippen LogP contribution in [-0.2, 0) is 20.6 Å². The highest BCUT2D eigenvalue weighted by atomic mass is 16.3. The summed E-state index contributed by atoms with van der Waals surface area (Å²) in [6.07, 6.45) is -1.41. The molecular weight excluding hydrogens is 270 g/mol. The van der Waals surface area contributed by atoms with Crippen molar-refractivity contribution in [3.8, 4) is 0 Å². The van der Waals surface area contributed by atoms with Crippen LogP contribution in [0, 0.1) is 6.85 Å². The van der Waals surface area contributed by atoms with E-state index in [1.807, 2.05) is 0 Å². The molecule has 0 aliphatic rings. The standard InChI is InChI=1S/C15H23N3O3/c1-10-9-16(3)13-12(10)14(20)18(15(21)17(13)4)8-6-5-7-11(2)19/h9,11,19H,5-8H2,1-4H3/i1D3,2D3,11D. The summed E-state index contributed by atoms with van der Waals surface area (Å²) in [7, 11) is 2.98. The molecule has 0 aliphatic carbocycles. The van der Waals surface area contributed by atoms with Crippen molar-refractivity contribution in [2.75, 3.05) is 0 Å². The lowest BCUT2D eigenvalue weighted by atomic mass is 10.2. The first kappa shape index (κ1) is 8.58. The molecule has 6 heteroatoms. The molecular formula is C15H23N3O3. The number of nitrogens with zero attached hydrogens (tertiary/aromatic N) is 3. The Bertz CT molecular complexity index is 996. The van der Waals surface area contributed by atoms with Crippen LogP contribution in [0.1, 0.15) is 41.3 Å². The molecule has 0 amide bonds. The maximum absolute atomic E-state index is 12.8. The minimum absolute atomic E-state index is 0.0657. The molecule has 0 saturated carbocycles. The van der Waals surface area contributed by atoms with Gasteiger partial charge in [0.2, 0.25) is 0 Å². The van der Waals surface area contributed by atoms with Crippen LogP contribution in [0.5, 0.6) is 0 Å². The van der Waals surface area contributed by atoms with Gasteiger partial charge in [-0.15, -0.1) is 0 Å². The molecule has 0 fully saturated rings. The third kappa shape index (κ3) is 2.81. The molecule has 0 aromatic carbocycles. The molecule has 21 heavy (non-hydrogen) atoms. The van der Waals surface area contributed by atoms with Crippen molar-refractivity contribution in [1.82, 2.24) is 13.7 Å². The lowest BCUT2D eigenvalue weighted by Gasteiger charge is -2.10. The summed E-state index contributed by atoms with van der Waals surface area (Å²) in [6.45, 7) is -5.49. The van der Waals surface area contributed by atoms with Crippen LogP contribution >= 0.6 is 0 Å². The van der Waals surface area contributed by atoms with Gasteiger partial charge in [0.1, 0.15) is 5.65 Å². The molecule has 2 rings (SSSR count). The Morgan fingerprint density at radius 3 is 2.81 bits per heavy atom. The number of unbranched alkanes of at least 4 members (excludes halogenated alkanes) is 1. The van der Waals surface area contributed by atoms with E-state index in [0.29, 0.717) is 0 Å². The number of fused-ring (bicyclic) bond motifs is 1. The summed E-state index contributed by atoms with van der Waals surface area (Å²) in [5, 5.41) is 9.61. The Labute approximate surface area is 133 Å². The number of hydrogen-bond donors (Lipinski definition) is 1. The summed E-state index contributed by atoms with van der Waals surface area (Å²) in [5.41, 5.74) is -1.32. The fourth-order valence-corrected chi connectivity index (χ4v) is 2.48. The zero-order valence-electron chi connectivity index (χ0n) is 19.0. The average Bonchev–Trinajstić information content (AvgIpc) is 2.89. The summed E-state index contributed by atoms with van der Waals surface area (Å²) in [6, 6.07) is 0. The maximum Gasteiger partial charge on any atom is 0.332 e. The Morgan fingerprint density at radius 1 is 1.38 bits per heavy atom. The summed E-state index contributed by atoms with van der Waals surface area (Å²) >= 11 is 0. The van der Waals surface area contributed by atoms with E-state index in [1.165, 1.54) is 22.4 Å². The molecule has 1 unspecified atom stereocenters. The van der Waals surface area contributed by atoms with Crippen LogP contribution in [0.25, 0.3) is 11.0 Å². The number of aliphatic hydroxyl groups is 1. The average molecular weight is 300 g/mol. The van der Waals surface area contributed by atoms with E-state index >= 15 is 0 Å². The molecule has 2 aromatic heterocycles. The molecule has 1 atom stereocenters. The van der Waals surface area contributed by atoms with Crippen LogP contribution in [0.15, 0.2) is 15.8 Å². The number of aryl methyl sites for hydroxylation is 3. The van der Waals surface area contributed by atoms with E-state index in [0.717, 1.165) is 4.57 Å². The first-order valence-corrected chi connectivity index (χ1v) is 6.61. The first-order valence-electron chi connectivity index (χ1n) is 10.1. The number of aromatic nitrogens is 3. The predicted octanol–water partition coefficient (Wildman–Crippen LogP) is 0.898. The maximum atomic E-state index is 12.8. The molecule has 0 aliphatic heterocycles. The van der Waals surface area contributed by atoms with Crippen molar-refractivity contribution in [2.24, 2.45) is 14.1 Å². The molecule has 1 N–H and O–H groups in total. The summed E-state index contributed by atoms with van der Waals surface area (Å²) < 4.78 is 55.3. The normalized spacial score (nSPS) is 20.6. The Balaban J connectivity index is 2.39. The number of hydrogen-bond acceptors (Lipinski definition) is 3. The van der Waals surface area contributed by atoms with Crippen molar-refractivity contribution >= 4 is 11.0 Å². The van der Waals surface area contributed by atoms with Crippen molar-refractivity contribution in [3.05, 3.63) is 32.6 Å². The van der Waals surface area contributed by atoms with Gasteiger partial charge in [0.05, 0.1) is 12.8 Å². The fraction of sp³-hybridized carbons (Fsp3) is 0.600. The molecule has 0 saturated heterocycles. The van der Waals surface area contributed by atoms with Gasteiger partial charge in [-0.1, -0.05) is 0 Å². The third-order valence-corrected chi connectivity index (χ3v) is 3.49. The highest BCUT2D eigenvalue weighted by Crippen LogP contribution is 2.14. The largest absolute Gasteiger partial charge is 0.393 e. The van der Waals surface area contributed by atoms with Crippen LogP contribution in [0.4, 0.5) is 0 Å². The molecule has 2 heterocycles. The minimum Gasteiger partial charge on any atom is -0.393 e. The van der Waals surface area contributed by atoms with Crippen LogP contribution in [0.2, 0.25) is 0 Å². The zero-order chi connectivity index (χ0) is 21.7. The van der Waals surface area contributed by atoms with Crippen molar-refractivity contribution < 1.29 is 14.7 Å². The first-order chi connectivity index (χ1) is 12.6. The van der Waals surface area contributed by atoms with E-state index in [2.05, 4.69) is 0 Å². The van der Waals surface area contributed by atoms with Gasteiger partial charge >= 0.3 is 5.69 Å². The monoisotopic (exact) mass is 300 g/mol. The molecule has 0 bridgehead atoms. The predicted molar refractivity (Wildman–Crippen MR) is 82.7 cm³/mol. The van der Waals surface area contributed by atoms with E-state index in [1.54, 1.807) is 7.05 Å². The second kappa shape index (κ2) is 5.89. The molecule has 6 nitrogen and oxygen atoms in total. The van der Waals surface area contributed by atoms with Gasteiger partial charge in [-0.25, -0.2) is 4.79 Å². The minimum atomic E-state index is -2.86. The zero-order valence-corrected chi connectivity index (χ0v) is 12.0. The molecule has 2 aromatic rings. The summed E-state index contributed by atoms with van der Waals surface area (Å²) in [4.78, 5) is 25.4. The number of rotatable bonds is 5. The van der Waals surface area contributed by atoms with E-state index in [-0.39, 0.29) is 42.4 Å². The third-order valence-electron chi connectivity index (χ3n) is 3.49. The van der Waals surface area contributed by atoms with Crippen molar-refractivity contribution in [2.45, 2.75) is 45.6 Å². The second-order valence-corrected chi connectivity index (χ2v) is 5.05. The fourth-order valence-electron chi connectivity index (χ4n) is 2.48. The lowest BCUT2D eigenvalue weighted by molar-refractivity contribution is 0.180. The van der Waals surface area contributed by atoms with Gasteiger partial charge in [0, 0.05) is 35.1 Å². The van der Waals surface area contributed by atoms with Crippen LogP contribution < -0.4 is 11.2 Å². The van der Waals surface area contributed by atoms with E-state index in [4.69, 9.17) is 9.60 Å². The van der Waals surface area contributed by atoms with Gasteiger partial charge < -0.3 is 9.67 Å². The van der Waals surface area contributed by atoms with E-state index in [9.17, 15) is 14.7 Å². The SMILES string of the molecule is [2H]C([2H])([2H])c1cn(C)c2c1c(=O)n(CCCCC([2H])(O)C([2H])([2H])[2H])c(=O)n2C. The Kier molecular flexibility index (Phi) is 2.41. The van der Waals surface area contributed by atoms with Gasteiger partial charge in [-0.3, -0.25) is 13.9 Å². The molecule has 0 radical (unpaired) electrons. The topological polar surface area (TPSA) is 69.2 Å². The molecule has 0 spiro atoms. The summed E-state index contributed by atoms with van der Waals surface area (Å²) in [5.74, 6) is 0. The van der Waals surface area contributed by atoms with Crippen molar-refractivity contribution in [1.29, 1.82) is 0 Å².